The van der Waals surface area contributed by atoms with E-state index in [1.54, 1.807) is 0 Å². The molecule has 2 aliphatic rings. The maximum Gasteiger partial charge on any atom is 0.231 e. The van der Waals surface area contributed by atoms with Gasteiger partial charge >= 0.3 is 0 Å². The maximum atomic E-state index is 5.20. The van der Waals surface area contributed by atoms with Crippen LogP contribution in [0.25, 0.3) is 72.1 Å². The fourth-order valence-electron chi connectivity index (χ4n) is 8.73. The van der Waals surface area contributed by atoms with E-state index in [4.69, 9.17) is 9.97 Å². The Morgan fingerprint density at radius 3 is 1.91 bits per heavy atom. The van der Waals surface area contributed by atoms with E-state index in [1.807, 2.05) is 12.3 Å². The number of rotatable bonds is 6. The van der Waals surface area contributed by atoms with E-state index in [2.05, 4.69) is 204 Å². The Balaban J connectivity index is 0.933. The van der Waals surface area contributed by atoms with Gasteiger partial charge in [-0.05, 0) is 93.5 Å². The van der Waals surface area contributed by atoms with Crippen LogP contribution in [0.15, 0.2) is 206 Å². The Hall–Kier alpha value is -7.30. The fourth-order valence-corrected chi connectivity index (χ4v) is 8.73. The molecule has 4 nitrogen and oxygen atoms in total. The molecule has 0 radical (unpaired) electrons. The van der Waals surface area contributed by atoms with Gasteiger partial charge < -0.3 is 9.47 Å². The Labute approximate surface area is 326 Å². The zero-order valence-corrected chi connectivity index (χ0v) is 30.6. The summed E-state index contributed by atoms with van der Waals surface area (Å²) in [6.07, 6.45) is 10.8. The Bertz CT molecular complexity index is 2980. The Kier molecular flexibility index (Phi) is 7.59. The number of para-hydroxylation sites is 2. The molecule has 264 valence electrons. The second-order valence-corrected chi connectivity index (χ2v) is 14.6. The first-order chi connectivity index (χ1) is 27.8. The SMILES string of the molecule is C1=CC2c3cc(-c4ccc5c(c4)c4ccccc4n5-c4ccccc4)ccc3N(c3nccc(-c4ccc(-c5cccc(-c6ccccc6)c5)cc4)n3)C2C=C1. The van der Waals surface area contributed by atoms with Gasteiger partial charge in [-0.2, -0.15) is 0 Å². The third-order valence-corrected chi connectivity index (χ3v) is 11.4. The highest BCUT2D eigenvalue weighted by Gasteiger charge is 2.39. The van der Waals surface area contributed by atoms with E-state index in [9.17, 15) is 0 Å². The topological polar surface area (TPSA) is 34.0 Å². The molecule has 11 rings (SSSR count). The predicted octanol–water partition coefficient (Wildman–Crippen LogP) is 13.0. The molecule has 56 heavy (non-hydrogen) atoms. The minimum atomic E-state index is 0.0890. The summed E-state index contributed by atoms with van der Waals surface area (Å²) in [7, 11) is 0. The molecular formula is C52H36N4. The van der Waals surface area contributed by atoms with Gasteiger partial charge in [0, 0.05) is 39.8 Å². The van der Waals surface area contributed by atoms with Gasteiger partial charge in [-0.3, -0.25) is 0 Å². The zero-order valence-electron chi connectivity index (χ0n) is 30.6. The number of hydrogen-bond donors (Lipinski definition) is 0. The van der Waals surface area contributed by atoms with Crippen LogP contribution in [-0.4, -0.2) is 20.6 Å². The lowest BCUT2D eigenvalue weighted by atomic mass is 9.89. The molecule has 4 heteroatoms. The van der Waals surface area contributed by atoms with E-state index < -0.39 is 0 Å². The van der Waals surface area contributed by atoms with Crippen molar-refractivity contribution < 1.29 is 0 Å². The second kappa shape index (κ2) is 13.2. The van der Waals surface area contributed by atoms with Crippen LogP contribution in [0.4, 0.5) is 11.6 Å². The van der Waals surface area contributed by atoms with Crippen LogP contribution < -0.4 is 4.90 Å². The largest absolute Gasteiger partial charge is 0.309 e. The summed E-state index contributed by atoms with van der Waals surface area (Å²) < 4.78 is 2.37. The van der Waals surface area contributed by atoms with Gasteiger partial charge in [0.2, 0.25) is 5.95 Å². The van der Waals surface area contributed by atoms with Gasteiger partial charge in [0.15, 0.2) is 0 Å². The molecule has 0 N–H and O–H groups in total. The lowest BCUT2D eigenvalue weighted by molar-refractivity contribution is 0.730. The molecule has 2 unspecified atom stereocenters. The van der Waals surface area contributed by atoms with Crippen molar-refractivity contribution in [1.82, 2.24) is 14.5 Å². The molecule has 0 bridgehead atoms. The van der Waals surface area contributed by atoms with E-state index in [-0.39, 0.29) is 12.0 Å². The number of anilines is 2. The molecule has 2 aromatic heterocycles. The molecule has 0 spiro atoms. The summed E-state index contributed by atoms with van der Waals surface area (Å²) in [5, 5.41) is 2.51. The quantitative estimate of drug-likeness (QED) is 0.172. The Morgan fingerprint density at radius 1 is 0.446 bits per heavy atom. The number of benzene rings is 7. The van der Waals surface area contributed by atoms with Crippen molar-refractivity contribution in [3.8, 4) is 50.3 Å². The monoisotopic (exact) mass is 716 g/mol. The highest BCUT2D eigenvalue weighted by Crippen LogP contribution is 2.48. The first-order valence-corrected chi connectivity index (χ1v) is 19.2. The van der Waals surface area contributed by atoms with Crippen molar-refractivity contribution in [1.29, 1.82) is 0 Å². The van der Waals surface area contributed by atoms with Crippen LogP contribution in [-0.2, 0) is 0 Å². The molecule has 0 saturated heterocycles. The van der Waals surface area contributed by atoms with E-state index in [0.29, 0.717) is 5.95 Å². The van der Waals surface area contributed by atoms with Crippen molar-refractivity contribution >= 4 is 33.4 Å². The third-order valence-electron chi connectivity index (χ3n) is 11.4. The lowest BCUT2D eigenvalue weighted by Crippen LogP contribution is -2.30. The summed E-state index contributed by atoms with van der Waals surface area (Å²) in [6.45, 7) is 0. The van der Waals surface area contributed by atoms with Gasteiger partial charge in [0.05, 0.1) is 22.8 Å². The summed E-state index contributed by atoms with van der Waals surface area (Å²) in [4.78, 5) is 12.4. The molecule has 7 aromatic carbocycles. The van der Waals surface area contributed by atoms with E-state index >= 15 is 0 Å². The van der Waals surface area contributed by atoms with Crippen molar-refractivity contribution in [2.24, 2.45) is 0 Å². The number of aromatic nitrogens is 3. The third kappa shape index (κ3) is 5.38. The smallest absolute Gasteiger partial charge is 0.231 e. The molecule has 0 amide bonds. The molecular weight excluding hydrogens is 681 g/mol. The van der Waals surface area contributed by atoms with Crippen molar-refractivity contribution in [2.45, 2.75) is 12.0 Å². The molecule has 9 aromatic rings. The van der Waals surface area contributed by atoms with Gasteiger partial charge in [-0.15, -0.1) is 0 Å². The van der Waals surface area contributed by atoms with Crippen molar-refractivity contribution in [2.75, 3.05) is 4.90 Å². The summed E-state index contributed by atoms with van der Waals surface area (Å²) in [5.41, 5.74) is 15.2. The van der Waals surface area contributed by atoms with E-state index in [1.165, 1.54) is 66.4 Å². The molecule has 1 aliphatic heterocycles. The predicted molar refractivity (Wildman–Crippen MR) is 232 cm³/mol. The zero-order chi connectivity index (χ0) is 37.0. The summed E-state index contributed by atoms with van der Waals surface area (Å²) >= 11 is 0. The normalized spacial score (nSPS) is 15.7. The summed E-state index contributed by atoms with van der Waals surface area (Å²) in [5.74, 6) is 0.899. The Morgan fingerprint density at radius 2 is 1.07 bits per heavy atom. The minimum absolute atomic E-state index is 0.0890. The standard InChI is InChI=1S/C52H36N4/c1-3-12-35(13-4-1)38-14-11-15-39(32-38)36-22-24-37(25-23-36)47-30-31-53-52(54-47)56-49-21-10-8-19-44(49)46-34-41(27-29-51(46)56)40-26-28-50-45(33-40)43-18-7-9-20-48(43)55(50)42-16-5-2-6-17-42/h1-34,44,49H. The van der Waals surface area contributed by atoms with Crippen LogP contribution in [0.5, 0.6) is 0 Å². The van der Waals surface area contributed by atoms with Crippen LogP contribution in [0.1, 0.15) is 11.5 Å². The van der Waals surface area contributed by atoms with Gasteiger partial charge in [-0.1, -0.05) is 146 Å². The number of hydrogen-bond acceptors (Lipinski definition) is 3. The maximum absolute atomic E-state index is 5.20. The molecule has 3 heterocycles. The van der Waals surface area contributed by atoms with Crippen LogP contribution in [0.3, 0.4) is 0 Å². The van der Waals surface area contributed by atoms with Gasteiger partial charge in [-0.25, -0.2) is 9.97 Å². The molecule has 0 fully saturated rings. The van der Waals surface area contributed by atoms with Gasteiger partial charge in [0.25, 0.3) is 0 Å². The number of allylic oxidation sites excluding steroid dienone is 2. The van der Waals surface area contributed by atoms with Crippen molar-refractivity contribution in [3.63, 3.8) is 0 Å². The first-order valence-electron chi connectivity index (χ1n) is 19.2. The molecule has 1 aliphatic carbocycles. The molecule has 2 atom stereocenters. The minimum Gasteiger partial charge on any atom is -0.309 e. The average Bonchev–Trinajstić information content (AvgIpc) is 3.79. The summed E-state index contributed by atoms with van der Waals surface area (Å²) in [6, 6.07) is 63.2. The average molecular weight is 717 g/mol. The number of nitrogens with zero attached hydrogens (tertiary/aromatic N) is 4. The van der Waals surface area contributed by atoms with Crippen LogP contribution in [0, 0.1) is 0 Å². The van der Waals surface area contributed by atoms with Crippen LogP contribution in [0.2, 0.25) is 0 Å². The van der Waals surface area contributed by atoms with Crippen molar-refractivity contribution in [3.05, 3.63) is 212 Å². The molecule has 0 saturated carbocycles. The van der Waals surface area contributed by atoms with E-state index in [0.717, 1.165) is 16.9 Å². The second-order valence-electron chi connectivity index (χ2n) is 14.6. The van der Waals surface area contributed by atoms with Crippen LogP contribution >= 0.6 is 0 Å². The lowest BCUT2D eigenvalue weighted by Gasteiger charge is -2.26. The fraction of sp³-hybridized carbons (Fsp3) is 0.0385. The van der Waals surface area contributed by atoms with Gasteiger partial charge in [0.1, 0.15) is 0 Å². The number of fused-ring (bicyclic) bond motifs is 6. The highest BCUT2D eigenvalue weighted by molar-refractivity contribution is 6.10. The first kappa shape index (κ1) is 32.2. The highest BCUT2D eigenvalue weighted by atomic mass is 15.3.